The molecule has 4 rings (SSSR count). The van der Waals surface area contributed by atoms with E-state index in [-0.39, 0.29) is 30.6 Å². The Hall–Kier alpha value is -1.88. The fourth-order valence-electron chi connectivity index (χ4n) is 2.94. The highest BCUT2D eigenvalue weighted by Crippen LogP contribution is 2.23. The minimum atomic E-state index is -0.226. The van der Waals surface area contributed by atoms with Gasteiger partial charge >= 0.3 is 0 Å². The smallest absolute Gasteiger partial charge is 0.132 e. The molecule has 3 nitrogen and oxygen atoms in total. The first-order valence-corrected chi connectivity index (χ1v) is 7.40. The zero-order valence-corrected chi connectivity index (χ0v) is 14.5. The molecule has 0 bridgehead atoms. The Kier molecular flexibility index (Phi) is 5.99. The topological polar surface area (TPSA) is 37.0 Å². The predicted molar refractivity (Wildman–Crippen MR) is 101 cm³/mol. The summed E-state index contributed by atoms with van der Waals surface area (Å²) in [5.41, 5.74) is 5.50. The summed E-state index contributed by atoms with van der Waals surface area (Å²) in [4.78, 5) is 4.32. The van der Waals surface area contributed by atoms with Crippen LogP contribution >= 0.6 is 24.8 Å². The molecule has 6 heteroatoms. The number of pyridine rings is 1. The van der Waals surface area contributed by atoms with Gasteiger partial charge in [0.25, 0.3) is 0 Å². The van der Waals surface area contributed by atoms with Gasteiger partial charge in [0, 0.05) is 36.9 Å². The van der Waals surface area contributed by atoms with Crippen LogP contribution in [0.2, 0.25) is 0 Å². The summed E-state index contributed by atoms with van der Waals surface area (Å²) in [7, 11) is 0. The van der Waals surface area contributed by atoms with Crippen LogP contribution in [0.5, 0.6) is 0 Å². The number of nitrogens with zero attached hydrogens (tertiary/aromatic N) is 1. The highest BCUT2D eigenvalue weighted by Gasteiger charge is 2.10. The van der Waals surface area contributed by atoms with E-state index in [1.54, 1.807) is 24.4 Å². The van der Waals surface area contributed by atoms with Crippen molar-refractivity contribution in [3.63, 3.8) is 0 Å². The predicted octanol–water partition coefficient (Wildman–Crippen LogP) is 4.43. The molecule has 0 fully saturated rings. The zero-order chi connectivity index (χ0) is 14.9. The van der Waals surface area contributed by atoms with Crippen molar-refractivity contribution in [2.75, 3.05) is 5.32 Å². The van der Waals surface area contributed by atoms with Crippen LogP contribution in [0.15, 0.2) is 48.7 Å². The molecule has 1 aliphatic rings. The van der Waals surface area contributed by atoms with Crippen LogP contribution in [-0.4, -0.2) is 4.98 Å². The monoisotopic (exact) mass is 365 g/mol. The third-order valence-corrected chi connectivity index (χ3v) is 4.12. The maximum atomic E-state index is 13.8. The largest absolute Gasteiger partial charge is 0.381 e. The summed E-state index contributed by atoms with van der Waals surface area (Å²) in [5.74, 6) is -0.226. The summed E-state index contributed by atoms with van der Waals surface area (Å²) in [6.45, 7) is 2.49. The molecule has 0 amide bonds. The average molecular weight is 366 g/mol. The van der Waals surface area contributed by atoms with Crippen molar-refractivity contribution >= 4 is 41.4 Å². The van der Waals surface area contributed by atoms with Gasteiger partial charge in [0.15, 0.2) is 0 Å². The van der Waals surface area contributed by atoms with E-state index in [2.05, 4.69) is 33.8 Å². The van der Waals surface area contributed by atoms with E-state index in [1.807, 2.05) is 0 Å². The van der Waals surface area contributed by atoms with Gasteiger partial charge < -0.3 is 10.6 Å². The fourth-order valence-corrected chi connectivity index (χ4v) is 2.94. The molecule has 1 aromatic heterocycles. The van der Waals surface area contributed by atoms with Crippen LogP contribution in [0.25, 0.3) is 10.9 Å². The number of fused-ring (bicyclic) bond motifs is 2. The standard InChI is InChI=1S/C18H16FN3.2ClH/c19-17-6-4-13(18-16(17)2-1-7-21-18)11-22-15-5-3-12-9-20-10-14(12)8-15;;/h1-8,20,22H,9-11H2;2*1H. The van der Waals surface area contributed by atoms with Crippen molar-refractivity contribution in [2.45, 2.75) is 19.6 Å². The third kappa shape index (κ3) is 3.46. The van der Waals surface area contributed by atoms with E-state index in [0.717, 1.165) is 29.9 Å². The van der Waals surface area contributed by atoms with Crippen LogP contribution in [0.4, 0.5) is 10.1 Å². The Morgan fingerprint density at radius 1 is 1.04 bits per heavy atom. The first-order chi connectivity index (χ1) is 10.8. The van der Waals surface area contributed by atoms with E-state index in [9.17, 15) is 4.39 Å². The number of benzene rings is 2. The van der Waals surface area contributed by atoms with Crippen molar-refractivity contribution < 1.29 is 4.39 Å². The molecule has 0 saturated heterocycles. The van der Waals surface area contributed by atoms with Gasteiger partial charge in [-0.3, -0.25) is 4.98 Å². The van der Waals surface area contributed by atoms with Crippen molar-refractivity contribution in [3.8, 4) is 0 Å². The van der Waals surface area contributed by atoms with Crippen LogP contribution < -0.4 is 10.6 Å². The first kappa shape index (κ1) is 18.5. The maximum Gasteiger partial charge on any atom is 0.132 e. The van der Waals surface area contributed by atoms with Crippen molar-refractivity contribution in [2.24, 2.45) is 0 Å². The van der Waals surface area contributed by atoms with Gasteiger partial charge in [-0.1, -0.05) is 12.1 Å². The van der Waals surface area contributed by atoms with Crippen LogP contribution in [0.3, 0.4) is 0 Å². The van der Waals surface area contributed by atoms with Gasteiger partial charge in [-0.15, -0.1) is 24.8 Å². The van der Waals surface area contributed by atoms with Gasteiger partial charge in [-0.05, 0) is 47.0 Å². The molecular weight excluding hydrogens is 348 g/mol. The van der Waals surface area contributed by atoms with Crippen LogP contribution in [-0.2, 0) is 19.6 Å². The fraction of sp³-hybridized carbons (Fsp3) is 0.167. The molecule has 2 N–H and O–H groups in total. The number of halogens is 3. The minimum Gasteiger partial charge on any atom is -0.381 e. The van der Waals surface area contributed by atoms with Gasteiger partial charge in [0.2, 0.25) is 0 Å². The number of aromatic nitrogens is 1. The number of rotatable bonds is 3. The van der Waals surface area contributed by atoms with Crippen LogP contribution in [0, 0.1) is 5.82 Å². The summed E-state index contributed by atoms with van der Waals surface area (Å²) in [5, 5.41) is 7.32. The number of hydrogen-bond donors (Lipinski definition) is 2. The number of nitrogens with one attached hydrogen (secondary N) is 2. The molecule has 24 heavy (non-hydrogen) atoms. The SMILES string of the molecule is Cl.Cl.Fc1ccc(CNc2ccc3c(c2)CNC3)c2ncccc12. The zero-order valence-electron chi connectivity index (χ0n) is 12.9. The van der Waals surface area contributed by atoms with Gasteiger partial charge in [-0.2, -0.15) is 0 Å². The molecule has 0 atom stereocenters. The minimum absolute atomic E-state index is 0. The molecule has 0 aliphatic carbocycles. The van der Waals surface area contributed by atoms with Crippen molar-refractivity contribution in [3.05, 3.63) is 71.2 Å². The molecule has 2 aromatic carbocycles. The second-order valence-electron chi connectivity index (χ2n) is 5.55. The molecule has 126 valence electrons. The van der Waals surface area contributed by atoms with E-state index in [4.69, 9.17) is 0 Å². The highest BCUT2D eigenvalue weighted by atomic mass is 35.5. The normalized spacial score (nSPS) is 12.2. The van der Waals surface area contributed by atoms with Gasteiger partial charge in [0.05, 0.1) is 5.52 Å². The lowest BCUT2D eigenvalue weighted by Crippen LogP contribution is -2.02. The van der Waals surface area contributed by atoms with Gasteiger partial charge in [-0.25, -0.2) is 4.39 Å². The van der Waals surface area contributed by atoms with Gasteiger partial charge in [0.1, 0.15) is 5.82 Å². The van der Waals surface area contributed by atoms with Crippen LogP contribution in [0.1, 0.15) is 16.7 Å². The molecule has 0 saturated carbocycles. The Morgan fingerprint density at radius 3 is 2.75 bits per heavy atom. The molecule has 0 spiro atoms. The lowest BCUT2D eigenvalue weighted by atomic mass is 10.1. The van der Waals surface area contributed by atoms with E-state index in [1.165, 1.54) is 17.2 Å². The Morgan fingerprint density at radius 2 is 1.88 bits per heavy atom. The summed E-state index contributed by atoms with van der Waals surface area (Å²) in [6.07, 6.45) is 1.70. The Bertz CT molecular complexity index is 855. The molecule has 0 radical (unpaired) electrons. The maximum absolute atomic E-state index is 13.8. The number of hydrogen-bond acceptors (Lipinski definition) is 3. The van der Waals surface area contributed by atoms with E-state index in [0.29, 0.717) is 11.9 Å². The number of anilines is 1. The van der Waals surface area contributed by atoms with E-state index >= 15 is 0 Å². The molecule has 2 heterocycles. The summed E-state index contributed by atoms with van der Waals surface area (Å²) in [6, 6.07) is 13.2. The summed E-state index contributed by atoms with van der Waals surface area (Å²) >= 11 is 0. The molecule has 0 unspecified atom stereocenters. The van der Waals surface area contributed by atoms with Crippen molar-refractivity contribution in [1.29, 1.82) is 0 Å². The van der Waals surface area contributed by atoms with Crippen molar-refractivity contribution in [1.82, 2.24) is 10.3 Å². The second-order valence-corrected chi connectivity index (χ2v) is 5.55. The molecular formula is C18H18Cl2FN3. The summed E-state index contributed by atoms with van der Waals surface area (Å²) < 4.78 is 13.8. The molecule has 3 aromatic rings. The second kappa shape index (κ2) is 7.79. The Labute approximate surface area is 152 Å². The average Bonchev–Trinajstić information content (AvgIpc) is 3.02. The lowest BCUT2D eigenvalue weighted by molar-refractivity contribution is 0.639. The lowest BCUT2D eigenvalue weighted by Gasteiger charge is -2.10. The molecule has 1 aliphatic heterocycles. The first-order valence-electron chi connectivity index (χ1n) is 7.40. The quantitative estimate of drug-likeness (QED) is 0.720. The highest BCUT2D eigenvalue weighted by molar-refractivity contribution is 5.85. The Balaban J connectivity index is 0.00000104. The third-order valence-electron chi connectivity index (χ3n) is 4.12. The van der Waals surface area contributed by atoms with E-state index < -0.39 is 0 Å².